The van der Waals surface area contributed by atoms with Gasteiger partial charge in [0.2, 0.25) is 0 Å². The van der Waals surface area contributed by atoms with Crippen molar-refractivity contribution in [2.24, 2.45) is 0 Å². The van der Waals surface area contributed by atoms with Crippen LogP contribution in [0.25, 0.3) is 0 Å². The van der Waals surface area contributed by atoms with Gasteiger partial charge in [-0.3, -0.25) is 14.4 Å². The molecule has 1 aromatic rings. The van der Waals surface area contributed by atoms with E-state index < -0.39 is 11.8 Å². The number of nitrogens with zero attached hydrogens (tertiary/aromatic N) is 2. The monoisotopic (exact) mass is 290 g/mol. The highest BCUT2D eigenvalue weighted by Gasteiger charge is 2.32. The van der Waals surface area contributed by atoms with Gasteiger partial charge in [0.1, 0.15) is 5.75 Å². The first-order chi connectivity index (χ1) is 10.1. The van der Waals surface area contributed by atoms with Gasteiger partial charge in [-0.15, -0.1) is 0 Å². The first-order valence-electron chi connectivity index (χ1n) is 6.82. The molecule has 6 heteroatoms. The quantitative estimate of drug-likeness (QED) is 0.587. The van der Waals surface area contributed by atoms with Crippen LogP contribution in [0.5, 0.6) is 5.75 Å². The fraction of sp³-hybridized carbons (Fsp3) is 0.400. The number of amides is 2. The van der Waals surface area contributed by atoms with E-state index in [1.807, 2.05) is 6.92 Å². The van der Waals surface area contributed by atoms with Crippen LogP contribution >= 0.6 is 0 Å². The van der Waals surface area contributed by atoms with Crippen molar-refractivity contribution in [2.45, 2.75) is 6.92 Å². The Hall–Kier alpha value is -2.37. The Bertz CT molecular complexity index is 553. The molecule has 1 aromatic carbocycles. The van der Waals surface area contributed by atoms with Gasteiger partial charge in [-0.2, -0.15) is 0 Å². The number of ketones is 1. The summed E-state index contributed by atoms with van der Waals surface area (Å²) in [6.45, 7) is 3.11. The smallest absolute Gasteiger partial charge is 0.312 e. The fourth-order valence-corrected chi connectivity index (χ4v) is 2.21. The lowest BCUT2D eigenvalue weighted by Crippen LogP contribution is -2.55. The van der Waals surface area contributed by atoms with Crippen LogP contribution in [-0.2, 0) is 9.59 Å². The molecule has 1 heterocycles. The number of carbonyl (C=O) groups excluding carboxylic acids is 3. The van der Waals surface area contributed by atoms with Gasteiger partial charge in [0, 0.05) is 25.2 Å². The molecule has 6 nitrogen and oxygen atoms in total. The first kappa shape index (κ1) is 15.0. The lowest BCUT2D eigenvalue weighted by Gasteiger charge is -2.32. The topological polar surface area (TPSA) is 66.9 Å². The van der Waals surface area contributed by atoms with Crippen LogP contribution in [0.3, 0.4) is 0 Å². The highest BCUT2D eigenvalue weighted by Crippen LogP contribution is 2.13. The first-order valence-corrected chi connectivity index (χ1v) is 6.82. The van der Waals surface area contributed by atoms with Crippen LogP contribution in [0.4, 0.5) is 0 Å². The Kier molecular flexibility index (Phi) is 4.57. The molecule has 1 aliphatic heterocycles. The van der Waals surface area contributed by atoms with Gasteiger partial charge in [0.15, 0.2) is 5.78 Å². The molecular formula is C15H18N2O4. The molecule has 1 fully saturated rings. The SMILES string of the molecule is CCN1CCN(CC(=O)c2ccc(OC)cc2)C(=O)C1=O. The average Bonchev–Trinajstić information content (AvgIpc) is 2.52. The van der Waals surface area contributed by atoms with E-state index >= 15 is 0 Å². The van der Waals surface area contributed by atoms with Crippen LogP contribution in [0.1, 0.15) is 17.3 Å². The van der Waals surface area contributed by atoms with Crippen molar-refractivity contribution < 1.29 is 19.1 Å². The minimum atomic E-state index is -0.607. The number of hydrogen-bond donors (Lipinski definition) is 0. The summed E-state index contributed by atoms with van der Waals surface area (Å²) >= 11 is 0. The van der Waals surface area contributed by atoms with Crippen molar-refractivity contribution in [3.8, 4) is 5.75 Å². The lowest BCUT2D eigenvalue weighted by atomic mass is 10.1. The van der Waals surface area contributed by atoms with Crippen molar-refractivity contribution in [3.05, 3.63) is 29.8 Å². The Balaban J connectivity index is 2.02. The van der Waals surface area contributed by atoms with E-state index in [1.165, 1.54) is 9.80 Å². The molecule has 0 aromatic heterocycles. The zero-order valence-electron chi connectivity index (χ0n) is 12.2. The molecule has 21 heavy (non-hydrogen) atoms. The van der Waals surface area contributed by atoms with Crippen molar-refractivity contribution in [2.75, 3.05) is 33.3 Å². The van der Waals surface area contributed by atoms with E-state index in [2.05, 4.69) is 0 Å². The number of rotatable bonds is 5. The van der Waals surface area contributed by atoms with E-state index in [0.717, 1.165) is 0 Å². The molecule has 0 aliphatic carbocycles. The summed E-state index contributed by atoms with van der Waals surface area (Å²) < 4.78 is 5.03. The van der Waals surface area contributed by atoms with Crippen LogP contribution in [-0.4, -0.2) is 60.7 Å². The summed E-state index contributed by atoms with van der Waals surface area (Å²) in [5.74, 6) is -0.672. The Labute approximate surface area is 123 Å². The molecule has 0 spiro atoms. The number of Topliss-reactive ketones (excluding diaryl/α,β-unsaturated/α-hetero) is 1. The summed E-state index contributed by atoms with van der Waals surface area (Å²) in [5, 5.41) is 0. The van der Waals surface area contributed by atoms with Gasteiger partial charge >= 0.3 is 11.8 Å². The van der Waals surface area contributed by atoms with E-state index in [9.17, 15) is 14.4 Å². The van der Waals surface area contributed by atoms with Crippen LogP contribution in [0.15, 0.2) is 24.3 Å². The highest BCUT2D eigenvalue weighted by atomic mass is 16.5. The number of likely N-dealkylation sites (N-methyl/N-ethyl adjacent to an activating group) is 1. The van der Waals surface area contributed by atoms with Crippen LogP contribution in [0, 0.1) is 0 Å². The molecule has 0 radical (unpaired) electrons. The Morgan fingerprint density at radius 3 is 2.24 bits per heavy atom. The molecule has 0 unspecified atom stereocenters. The number of piperazine rings is 1. The third-order valence-corrected chi connectivity index (χ3v) is 3.53. The zero-order valence-corrected chi connectivity index (χ0v) is 12.2. The molecule has 0 bridgehead atoms. The molecule has 2 rings (SSSR count). The molecule has 0 saturated carbocycles. The molecule has 1 aliphatic rings. The molecular weight excluding hydrogens is 272 g/mol. The molecule has 1 saturated heterocycles. The van der Waals surface area contributed by atoms with Gasteiger partial charge < -0.3 is 14.5 Å². The standard InChI is InChI=1S/C15H18N2O4/c1-3-16-8-9-17(15(20)14(16)19)10-13(18)11-4-6-12(21-2)7-5-11/h4-7H,3,8-10H2,1-2H3. The summed E-state index contributed by atoms with van der Waals surface area (Å²) in [6.07, 6.45) is 0. The Morgan fingerprint density at radius 1 is 1.10 bits per heavy atom. The molecule has 2 amide bonds. The third kappa shape index (κ3) is 3.21. The van der Waals surface area contributed by atoms with Crippen molar-refractivity contribution >= 4 is 17.6 Å². The van der Waals surface area contributed by atoms with E-state index in [-0.39, 0.29) is 12.3 Å². The van der Waals surface area contributed by atoms with Gasteiger partial charge in [-0.05, 0) is 31.2 Å². The van der Waals surface area contributed by atoms with E-state index in [4.69, 9.17) is 4.74 Å². The zero-order chi connectivity index (χ0) is 15.4. The summed E-state index contributed by atoms with van der Waals surface area (Å²) in [6, 6.07) is 6.68. The van der Waals surface area contributed by atoms with E-state index in [0.29, 0.717) is 30.9 Å². The number of carbonyl (C=O) groups is 3. The van der Waals surface area contributed by atoms with Gasteiger partial charge in [0.25, 0.3) is 0 Å². The maximum absolute atomic E-state index is 12.2. The van der Waals surface area contributed by atoms with Gasteiger partial charge in [-0.25, -0.2) is 0 Å². The van der Waals surface area contributed by atoms with Crippen LogP contribution < -0.4 is 4.74 Å². The summed E-state index contributed by atoms with van der Waals surface area (Å²) in [7, 11) is 1.55. The predicted octanol–water partition coefficient (Wildman–Crippen LogP) is 0.569. The summed E-state index contributed by atoms with van der Waals surface area (Å²) in [5.41, 5.74) is 0.494. The second-order valence-electron chi connectivity index (χ2n) is 4.76. The third-order valence-electron chi connectivity index (χ3n) is 3.53. The number of hydrogen-bond acceptors (Lipinski definition) is 4. The second kappa shape index (κ2) is 6.39. The lowest BCUT2D eigenvalue weighted by molar-refractivity contribution is -0.155. The van der Waals surface area contributed by atoms with Crippen molar-refractivity contribution in [3.63, 3.8) is 0 Å². The maximum Gasteiger partial charge on any atom is 0.312 e. The Morgan fingerprint density at radius 2 is 1.67 bits per heavy atom. The summed E-state index contributed by atoms with van der Waals surface area (Å²) in [4.78, 5) is 38.6. The van der Waals surface area contributed by atoms with Crippen molar-refractivity contribution in [1.82, 2.24) is 9.80 Å². The minimum Gasteiger partial charge on any atom is -0.497 e. The number of ether oxygens (including phenoxy) is 1. The average molecular weight is 290 g/mol. The second-order valence-corrected chi connectivity index (χ2v) is 4.76. The molecule has 0 N–H and O–H groups in total. The van der Waals surface area contributed by atoms with Crippen molar-refractivity contribution in [1.29, 1.82) is 0 Å². The largest absolute Gasteiger partial charge is 0.497 e. The highest BCUT2D eigenvalue weighted by molar-refractivity contribution is 6.35. The van der Waals surface area contributed by atoms with Gasteiger partial charge in [-0.1, -0.05) is 0 Å². The normalized spacial score (nSPS) is 15.3. The molecule has 0 atom stereocenters. The predicted molar refractivity (Wildman–Crippen MR) is 76.2 cm³/mol. The van der Waals surface area contributed by atoms with E-state index in [1.54, 1.807) is 31.4 Å². The fourth-order valence-electron chi connectivity index (χ4n) is 2.21. The minimum absolute atomic E-state index is 0.0749. The maximum atomic E-state index is 12.2. The number of methoxy groups -OCH3 is 1. The molecule has 112 valence electrons. The van der Waals surface area contributed by atoms with Gasteiger partial charge in [0.05, 0.1) is 13.7 Å². The van der Waals surface area contributed by atoms with Crippen LogP contribution in [0.2, 0.25) is 0 Å². The number of benzene rings is 1.